The van der Waals surface area contributed by atoms with Gasteiger partial charge in [-0.25, -0.2) is 0 Å². The lowest BCUT2D eigenvalue weighted by Crippen LogP contribution is -2.83. The number of aliphatic hydroxyl groups excluding tert-OH is 1. The molecule has 0 bridgehead atoms. The van der Waals surface area contributed by atoms with Crippen LogP contribution in [0.3, 0.4) is 0 Å². The van der Waals surface area contributed by atoms with Gasteiger partial charge in [0.2, 0.25) is 0 Å². The van der Waals surface area contributed by atoms with E-state index in [0.717, 1.165) is 18.8 Å². The molecule has 0 fully saturated rings. The van der Waals surface area contributed by atoms with Crippen molar-refractivity contribution in [2.45, 2.75) is 13.2 Å². The molecule has 0 amide bonds. The van der Waals surface area contributed by atoms with Crippen molar-refractivity contribution in [1.82, 2.24) is 0 Å². The maximum atomic E-state index is 8.75. The Balaban J connectivity index is 1.88. The molecule has 0 heterocycles. The van der Waals surface area contributed by atoms with E-state index in [0.29, 0.717) is 6.61 Å². The first kappa shape index (κ1) is 13.6. The Morgan fingerprint density at radius 2 is 1.74 bits per heavy atom. The van der Waals surface area contributed by atoms with Crippen molar-refractivity contribution < 1.29 is 15.2 Å². The highest BCUT2D eigenvalue weighted by Gasteiger charge is 1.99. The summed E-state index contributed by atoms with van der Waals surface area (Å²) in [5.74, 6) is 0.888. The maximum Gasteiger partial charge on any atom is 0.120 e. The minimum atomic E-state index is 0.212. The van der Waals surface area contributed by atoms with Crippen molar-refractivity contribution in [2.24, 2.45) is 0 Å². The monoisotopic (exact) mass is 258 g/mol. The predicted octanol–water partition coefficient (Wildman–Crippen LogP) is 1.32. The summed E-state index contributed by atoms with van der Waals surface area (Å²) in [6.07, 6.45) is 0. The van der Waals surface area contributed by atoms with Crippen LogP contribution < -0.4 is 10.1 Å². The molecule has 0 saturated heterocycles. The van der Waals surface area contributed by atoms with Gasteiger partial charge in [-0.1, -0.05) is 42.5 Å². The van der Waals surface area contributed by atoms with Crippen LogP contribution in [-0.4, -0.2) is 18.3 Å². The van der Waals surface area contributed by atoms with Gasteiger partial charge >= 0.3 is 0 Å². The van der Waals surface area contributed by atoms with Crippen LogP contribution in [0.15, 0.2) is 54.6 Å². The first-order chi connectivity index (χ1) is 9.38. The van der Waals surface area contributed by atoms with Crippen molar-refractivity contribution in [1.29, 1.82) is 0 Å². The number of nitrogens with two attached hydrogens (primary N) is 1. The molecule has 2 aromatic rings. The first-order valence-corrected chi connectivity index (χ1v) is 6.56. The van der Waals surface area contributed by atoms with Crippen molar-refractivity contribution in [2.75, 3.05) is 13.2 Å². The molecule has 19 heavy (non-hydrogen) atoms. The first-order valence-electron chi connectivity index (χ1n) is 6.56. The summed E-state index contributed by atoms with van der Waals surface area (Å²) < 4.78 is 5.78. The van der Waals surface area contributed by atoms with Gasteiger partial charge in [0.1, 0.15) is 18.9 Å². The lowest BCUT2D eigenvalue weighted by atomic mass is 10.2. The van der Waals surface area contributed by atoms with E-state index in [1.165, 1.54) is 11.1 Å². The van der Waals surface area contributed by atoms with Gasteiger partial charge in [-0.05, 0) is 17.7 Å². The Hall–Kier alpha value is -1.84. The van der Waals surface area contributed by atoms with Crippen molar-refractivity contribution in [3.63, 3.8) is 0 Å². The van der Waals surface area contributed by atoms with E-state index >= 15 is 0 Å². The highest BCUT2D eigenvalue weighted by Crippen LogP contribution is 2.14. The molecule has 2 aromatic carbocycles. The van der Waals surface area contributed by atoms with Crippen LogP contribution in [-0.2, 0) is 13.2 Å². The molecule has 0 aromatic heterocycles. The van der Waals surface area contributed by atoms with Crippen molar-refractivity contribution in [3.8, 4) is 5.75 Å². The number of hydrogen-bond donors (Lipinski definition) is 2. The maximum absolute atomic E-state index is 8.75. The standard InChI is InChI=1S/C16H19NO2/c18-10-9-17-12-15-7-4-8-16(11-15)19-13-14-5-2-1-3-6-14/h1-8,11,17-18H,9-10,12-13H2/p+1. The summed E-state index contributed by atoms with van der Waals surface area (Å²) >= 11 is 0. The second-order valence-corrected chi connectivity index (χ2v) is 4.43. The van der Waals surface area contributed by atoms with Crippen LogP contribution in [0, 0.1) is 0 Å². The summed E-state index contributed by atoms with van der Waals surface area (Å²) in [6.45, 7) is 2.40. The lowest BCUT2D eigenvalue weighted by Gasteiger charge is -2.07. The third-order valence-corrected chi connectivity index (χ3v) is 2.86. The molecule has 0 radical (unpaired) electrons. The summed E-state index contributed by atoms with van der Waals surface area (Å²) in [6, 6.07) is 18.2. The number of rotatable bonds is 7. The average Bonchev–Trinajstić information content (AvgIpc) is 2.47. The molecule has 0 spiro atoms. The minimum Gasteiger partial charge on any atom is -0.489 e. The van der Waals surface area contributed by atoms with Gasteiger partial charge in [-0.2, -0.15) is 0 Å². The van der Waals surface area contributed by atoms with E-state index < -0.39 is 0 Å². The molecule has 3 nitrogen and oxygen atoms in total. The van der Waals surface area contributed by atoms with E-state index in [2.05, 4.69) is 29.6 Å². The van der Waals surface area contributed by atoms with E-state index in [1.807, 2.05) is 30.3 Å². The van der Waals surface area contributed by atoms with Gasteiger partial charge < -0.3 is 15.2 Å². The molecule has 2 rings (SSSR count). The Labute approximate surface area is 113 Å². The molecule has 0 aliphatic carbocycles. The smallest absolute Gasteiger partial charge is 0.120 e. The van der Waals surface area contributed by atoms with E-state index in [1.54, 1.807) is 0 Å². The SMILES string of the molecule is OCC[NH2+]Cc1cccc(OCc2ccccc2)c1. The van der Waals surface area contributed by atoms with Crippen LogP contribution in [0.2, 0.25) is 0 Å². The van der Waals surface area contributed by atoms with Crippen LogP contribution in [0.5, 0.6) is 5.75 Å². The van der Waals surface area contributed by atoms with Crippen molar-refractivity contribution >= 4 is 0 Å². The van der Waals surface area contributed by atoms with Crippen LogP contribution in [0.4, 0.5) is 0 Å². The number of ether oxygens (including phenoxy) is 1. The van der Waals surface area contributed by atoms with Crippen LogP contribution in [0.25, 0.3) is 0 Å². The number of quaternary nitrogens is 1. The molecule has 3 N–H and O–H groups in total. The number of benzene rings is 2. The van der Waals surface area contributed by atoms with Gasteiger partial charge in [0.15, 0.2) is 0 Å². The molecule has 0 saturated carbocycles. The van der Waals surface area contributed by atoms with Crippen molar-refractivity contribution in [3.05, 3.63) is 65.7 Å². The second-order valence-electron chi connectivity index (χ2n) is 4.43. The Morgan fingerprint density at radius 3 is 2.53 bits per heavy atom. The summed E-state index contributed by atoms with van der Waals surface area (Å²) in [4.78, 5) is 0. The third-order valence-electron chi connectivity index (χ3n) is 2.86. The molecule has 0 aliphatic heterocycles. The molecule has 0 unspecified atom stereocenters. The minimum absolute atomic E-state index is 0.212. The van der Waals surface area contributed by atoms with Gasteiger partial charge in [0.25, 0.3) is 0 Å². The van der Waals surface area contributed by atoms with E-state index in [4.69, 9.17) is 9.84 Å². The average molecular weight is 258 g/mol. The molecule has 0 atom stereocenters. The number of hydrogen-bond acceptors (Lipinski definition) is 2. The Kier molecular flexibility index (Phi) is 5.41. The summed E-state index contributed by atoms with van der Waals surface area (Å²) in [5, 5.41) is 10.8. The fourth-order valence-corrected chi connectivity index (χ4v) is 1.86. The zero-order valence-corrected chi connectivity index (χ0v) is 11.0. The molecular formula is C16H20NO2+. The van der Waals surface area contributed by atoms with Crippen LogP contribution in [0.1, 0.15) is 11.1 Å². The molecule has 100 valence electrons. The molecule has 3 heteroatoms. The largest absolute Gasteiger partial charge is 0.489 e. The van der Waals surface area contributed by atoms with Gasteiger partial charge in [0, 0.05) is 5.56 Å². The quantitative estimate of drug-likeness (QED) is 0.736. The van der Waals surface area contributed by atoms with Crippen LogP contribution >= 0.6 is 0 Å². The highest BCUT2D eigenvalue weighted by atomic mass is 16.5. The fourth-order valence-electron chi connectivity index (χ4n) is 1.86. The Morgan fingerprint density at radius 1 is 0.947 bits per heavy atom. The topological polar surface area (TPSA) is 46.1 Å². The summed E-state index contributed by atoms with van der Waals surface area (Å²) in [5.41, 5.74) is 2.37. The Bertz CT molecular complexity index is 485. The molecular weight excluding hydrogens is 238 g/mol. The molecule has 0 aliphatic rings. The van der Waals surface area contributed by atoms with Gasteiger partial charge in [-0.3, -0.25) is 0 Å². The zero-order valence-electron chi connectivity index (χ0n) is 11.0. The third kappa shape index (κ3) is 4.73. The fraction of sp³-hybridized carbons (Fsp3) is 0.250. The number of aliphatic hydroxyl groups is 1. The van der Waals surface area contributed by atoms with E-state index in [-0.39, 0.29) is 6.61 Å². The lowest BCUT2D eigenvalue weighted by molar-refractivity contribution is -0.671. The van der Waals surface area contributed by atoms with Gasteiger partial charge in [-0.15, -0.1) is 0 Å². The predicted molar refractivity (Wildman–Crippen MR) is 74.8 cm³/mol. The summed E-state index contributed by atoms with van der Waals surface area (Å²) in [7, 11) is 0. The van der Waals surface area contributed by atoms with E-state index in [9.17, 15) is 0 Å². The highest BCUT2D eigenvalue weighted by molar-refractivity contribution is 5.28. The second kappa shape index (κ2) is 7.56. The zero-order chi connectivity index (χ0) is 13.3. The normalized spacial score (nSPS) is 10.4. The van der Waals surface area contributed by atoms with Gasteiger partial charge in [0.05, 0.1) is 13.2 Å².